The second-order valence-electron chi connectivity index (χ2n) is 5.92. The summed E-state index contributed by atoms with van der Waals surface area (Å²) in [7, 11) is 0. The number of aromatic nitrogens is 1. The lowest BCUT2D eigenvalue weighted by atomic mass is 9.77. The number of hydrogen-bond acceptors (Lipinski definition) is 4. The number of fused-ring (bicyclic) bond motifs is 3. The van der Waals surface area contributed by atoms with Gasteiger partial charge in [-0.15, -0.1) is 0 Å². The molecule has 0 aromatic carbocycles. The molecule has 1 aromatic rings. The normalized spacial score (nSPS) is 26.8. The first-order chi connectivity index (χ1) is 8.97. The van der Waals surface area contributed by atoms with E-state index < -0.39 is 5.60 Å². The van der Waals surface area contributed by atoms with Crippen LogP contribution < -0.4 is 4.90 Å². The van der Waals surface area contributed by atoms with Gasteiger partial charge >= 0.3 is 0 Å². The summed E-state index contributed by atoms with van der Waals surface area (Å²) in [6.45, 7) is 5.92. The molecule has 0 saturated carbocycles. The Kier molecular flexibility index (Phi) is 3.20. The van der Waals surface area contributed by atoms with Crippen LogP contribution in [0.1, 0.15) is 19.5 Å². The predicted molar refractivity (Wildman–Crippen MR) is 74.7 cm³/mol. The highest BCUT2D eigenvalue weighted by molar-refractivity contribution is 6.30. The third-order valence-corrected chi connectivity index (χ3v) is 4.38. The molecule has 1 aromatic heterocycles. The fourth-order valence-electron chi connectivity index (χ4n) is 3.18. The minimum absolute atomic E-state index is 0.119. The lowest BCUT2D eigenvalue weighted by molar-refractivity contribution is -0.0275. The number of ether oxygens (including phenoxy) is 1. The van der Waals surface area contributed by atoms with Crippen LogP contribution in [0.15, 0.2) is 12.3 Å². The van der Waals surface area contributed by atoms with Crippen LogP contribution in [0, 0.1) is 5.92 Å². The molecule has 2 aliphatic rings. The van der Waals surface area contributed by atoms with E-state index in [1.54, 1.807) is 6.20 Å². The first-order valence-corrected chi connectivity index (χ1v) is 7.06. The Balaban J connectivity index is 2.04. The molecule has 0 bridgehead atoms. The van der Waals surface area contributed by atoms with Crippen LogP contribution in [-0.4, -0.2) is 41.5 Å². The van der Waals surface area contributed by atoms with E-state index in [0.717, 1.165) is 24.3 Å². The lowest BCUT2D eigenvalue weighted by Crippen LogP contribution is -2.58. The van der Waals surface area contributed by atoms with Crippen molar-refractivity contribution in [3.63, 3.8) is 0 Å². The highest BCUT2D eigenvalue weighted by Gasteiger charge is 2.43. The van der Waals surface area contributed by atoms with Crippen molar-refractivity contribution in [2.75, 3.05) is 24.7 Å². The van der Waals surface area contributed by atoms with E-state index in [1.165, 1.54) is 0 Å². The number of rotatable bonds is 1. The Labute approximate surface area is 118 Å². The van der Waals surface area contributed by atoms with Crippen LogP contribution in [0.4, 0.5) is 5.69 Å². The van der Waals surface area contributed by atoms with Crippen molar-refractivity contribution in [1.82, 2.24) is 4.98 Å². The molecule has 19 heavy (non-hydrogen) atoms. The topological polar surface area (TPSA) is 45.6 Å². The summed E-state index contributed by atoms with van der Waals surface area (Å²) in [6.07, 6.45) is 2.45. The summed E-state index contributed by atoms with van der Waals surface area (Å²) >= 11 is 6.06. The van der Waals surface area contributed by atoms with E-state index in [1.807, 2.05) is 19.9 Å². The zero-order valence-corrected chi connectivity index (χ0v) is 12.0. The van der Waals surface area contributed by atoms with Crippen LogP contribution in [0.2, 0.25) is 5.02 Å². The van der Waals surface area contributed by atoms with Crippen molar-refractivity contribution in [2.24, 2.45) is 5.92 Å². The van der Waals surface area contributed by atoms with E-state index in [0.29, 0.717) is 18.2 Å². The molecule has 0 radical (unpaired) electrons. The van der Waals surface area contributed by atoms with Crippen molar-refractivity contribution >= 4 is 17.3 Å². The molecule has 2 aliphatic heterocycles. The summed E-state index contributed by atoms with van der Waals surface area (Å²) in [6, 6.07) is 2.17. The Hall–Kier alpha value is -0.840. The Morgan fingerprint density at radius 1 is 1.53 bits per heavy atom. The third kappa shape index (κ3) is 2.33. The fourth-order valence-corrected chi connectivity index (χ4v) is 3.34. The van der Waals surface area contributed by atoms with Crippen LogP contribution in [0.3, 0.4) is 0 Å². The minimum atomic E-state index is -0.747. The molecule has 0 amide bonds. The number of morpholine rings is 1. The molecule has 1 N–H and O–H groups in total. The van der Waals surface area contributed by atoms with Crippen LogP contribution in [0.5, 0.6) is 0 Å². The summed E-state index contributed by atoms with van der Waals surface area (Å²) < 4.78 is 5.60. The molecule has 4 nitrogen and oxygen atoms in total. The number of anilines is 1. The zero-order chi connectivity index (χ0) is 13.6. The summed E-state index contributed by atoms with van der Waals surface area (Å²) in [5.74, 6) is 0.119. The first kappa shape index (κ1) is 13.2. The van der Waals surface area contributed by atoms with Gasteiger partial charge in [-0.05, 0) is 26.3 Å². The number of aliphatic hydroxyl groups is 1. The van der Waals surface area contributed by atoms with Gasteiger partial charge in [0.05, 0.1) is 41.3 Å². The van der Waals surface area contributed by atoms with E-state index >= 15 is 0 Å². The molecule has 0 unspecified atom stereocenters. The molecule has 2 atom stereocenters. The van der Waals surface area contributed by atoms with Gasteiger partial charge in [0.1, 0.15) is 0 Å². The molecule has 5 heteroatoms. The van der Waals surface area contributed by atoms with Crippen LogP contribution >= 0.6 is 11.6 Å². The van der Waals surface area contributed by atoms with Gasteiger partial charge in [0.25, 0.3) is 0 Å². The van der Waals surface area contributed by atoms with Gasteiger partial charge in [0.15, 0.2) is 0 Å². The van der Waals surface area contributed by atoms with E-state index in [9.17, 15) is 5.11 Å². The van der Waals surface area contributed by atoms with Crippen LogP contribution in [-0.2, 0) is 11.2 Å². The number of nitrogens with zero attached hydrogens (tertiary/aromatic N) is 2. The fraction of sp³-hybridized carbons (Fsp3) is 0.643. The average Bonchev–Trinajstić information content (AvgIpc) is 2.37. The maximum Gasteiger partial charge on any atom is 0.0674 e. The Morgan fingerprint density at radius 3 is 3.05 bits per heavy atom. The van der Waals surface area contributed by atoms with Crippen molar-refractivity contribution < 1.29 is 9.84 Å². The first-order valence-electron chi connectivity index (χ1n) is 6.68. The molecule has 104 valence electrons. The quantitative estimate of drug-likeness (QED) is 0.854. The molecule has 3 rings (SSSR count). The van der Waals surface area contributed by atoms with E-state index in [2.05, 4.69) is 9.88 Å². The van der Waals surface area contributed by atoms with Gasteiger partial charge in [0.2, 0.25) is 0 Å². The molecular weight excluding hydrogens is 264 g/mol. The van der Waals surface area contributed by atoms with Crippen molar-refractivity contribution in [2.45, 2.75) is 31.9 Å². The summed E-state index contributed by atoms with van der Waals surface area (Å²) in [5, 5.41) is 11.1. The molecule has 0 spiro atoms. The predicted octanol–water partition coefficient (Wildman–Crippen LogP) is 1.88. The summed E-state index contributed by atoms with van der Waals surface area (Å²) in [5.41, 5.74) is 1.37. The maximum atomic E-state index is 10.4. The highest BCUT2D eigenvalue weighted by atomic mass is 35.5. The SMILES string of the molecule is CC(C)(O)[C@@H]1Cc2ncc(Cl)cc2N2CCOC[C@H]12. The number of halogens is 1. The van der Waals surface area contributed by atoms with Gasteiger partial charge in [-0.1, -0.05) is 11.6 Å². The monoisotopic (exact) mass is 282 g/mol. The van der Waals surface area contributed by atoms with Gasteiger partial charge in [-0.2, -0.15) is 0 Å². The van der Waals surface area contributed by atoms with Gasteiger partial charge in [-0.3, -0.25) is 4.98 Å². The second-order valence-corrected chi connectivity index (χ2v) is 6.36. The Bertz CT molecular complexity index is 487. The summed E-state index contributed by atoms with van der Waals surface area (Å²) in [4.78, 5) is 6.74. The zero-order valence-electron chi connectivity index (χ0n) is 11.3. The minimum Gasteiger partial charge on any atom is -0.390 e. The van der Waals surface area contributed by atoms with E-state index in [4.69, 9.17) is 16.3 Å². The molecular formula is C14H19ClN2O2. The van der Waals surface area contributed by atoms with Crippen molar-refractivity contribution in [1.29, 1.82) is 0 Å². The smallest absolute Gasteiger partial charge is 0.0674 e. The van der Waals surface area contributed by atoms with Crippen molar-refractivity contribution in [3.8, 4) is 0 Å². The standard InChI is InChI=1S/C14H19ClN2O2/c1-14(2,18)10-6-11-12(5-9(15)7-16-11)17-3-4-19-8-13(10)17/h5,7,10,13,18H,3-4,6,8H2,1-2H3/t10-,13-/m1/s1. The lowest BCUT2D eigenvalue weighted by Gasteiger charge is -2.49. The van der Waals surface area contributed by atoms with Gasteiger partial charge in [-0.25, -0.2) is 0 Å². The molecule has 1 fully saturated rings. The van der Waals surface area contributed by atoms with Crippen LogP contribution in [0.25, 0.3) is 0 Å². The number of hydrogen-bond donors (Lipinski definition) is 1. The number of pyridine rings is 1. The molecule has 1 saturated heterocycles. The molecule has 0 aliphatic carbocycles. The van der Waals surface area contributed by atoms with E-state index in [-0.39, 0.29) is 12.0 Å². The third-order valence-electron chi connectivity index (χ3n) is 4.17. The maximum absolute atomic E-state index is 10.4. The molecule has 3 heterocycles. The largest absolute Gasteiger partial charge is 0.390 e. The Morgan fingerprint density at radius 2 is 2.32 bits per heavy atom. The average molecular weight is 283 g/mol. The van der Waals surface area contributed by atoms with Gasteiger partial charge in [0, 0.05) is 18.7 Å². The second kappa shape index (κ2) is 4.62. The highest BCUT2D eigenvalue weighted by Crippen LogP contribution is 2.39. The van der Waals surface area contributed by atoms with Gasteiger partial charge < -0.3 is 14.7 Å². The van der Waals surface area contributed by atoms with Crippen molar-refractivity contribution in [3.05, 3.63) is 23.0 Å².